The number of anilines is 3. The van der Waals surface area contributed by atoms with E-state index in [1.807, 2.05) is 19.1 Å². The fourth-order valence-corrected chi connectivity index (χ4v) is 3.09. The van der Waals surface area contributed by atoms with Gasteiger partial charge in [-0.2, -0.15) is 0 Å². The van der Waals surface area contributed by atoms with E-state index in [4.69, 9.17) is 23.2 Å². The summed E-state index contributed by atoms with van der Waals surface area (Å²) in [5.41, 5.74) is 0.786. The van der Waals surface area contributed by atoms with E-state index >= 15 is 0 Å². The Morgan fingerprint density at radius 1 is 1.05 bits per heavy atom. The van der Waals surface area contributed by atoms with Gasteiger partial charge in [-0.1, -0.05) is 23.2 Å². The first-order chi connectivity index (χ1) is 10.6. The maximum absolute atomic E-state index is 6.21. The number of aryl methyl sites for hydroxylation is 1. The van der Waals surface area contributed by atoms with E-state index in [0.29, 0.717) is 10.0 Å². The zero-order chi connectivity index (χ0) is 15.5. The number of nitrogens with zero attached hydrogens (tertiary/aromatic N) is 3. The lowest BCUT2D eigenvalue weighted by molar-refractivity contribution is 0.572. The van der Waals surface area contributed by atoms with Crippen LogP contribution in [0.25, 0.3) is 0 Å². The molecule has 0 saturated carbocycles. The molecule has 3 rings (SSSR count). The van der Waals surface area contributed by atoms with Gasteiger partial charge in [0.15, 0.2) is 0 Å². The van der Waals surface area contributed by atoms with Crippen LogP contribution in [-0.2, 0) is 0 Å². The van der Waals surface area contributed by atoms with Gasteiger partial charge in [-0.25, -0.2) is 9.97 Å². The van der Waals surface area contributed by atoms with Gasteiger partial charge in [-0.05, 0) is 44.4 Å². The first-order valence-corrected chi connectivity index (χ1v) is 8.20. The van der Waals surface area contributed by atoms with Crippen molar-refractivity contribution in [3.05, 3.63) is 40.1 Å². The van der Waals surface area contributed by atoms with Crippen LogP contribution in [0.5, 0.6) is 0 Å². The van der Waals surface area contributed by atoms with Gasteiger partial charge >= 0.3 is 0 Å². The molecule has 0 bridgehead atoms. The Bertz CT molecular complexity index is 669. The van der Waals surface area contributed by atoms with Crippen LogP contribution in [0, 0.1) is 6.92 Å². The molecule has 4 nitrogen and oxygen atoms in total. The smallest absolute Gasteiger partial charge is 0.136 e. The molecule has 6 heteroatoms. The molecular formula is C16H18Cl2N4. The highest BCUT2D eigenvalue weighted by molar-refractivity contribution is 6.36. The number of hydrogen-bond donors (Lipinski definition) is 1. The number of aromatic nitrogens is 2. The van der Waals surface area contributed by atoms with Crippen LogP contribution in [-0.4, -0.2) is 23.1 Å². The van der Waals surface area contributed by atoms with E-state index in [1.165, 1.54) is 19.3 Å². The summed E-state index contributed by atoms with van der Waals surface area (Å²) >= 11 is 12.1. The first-order valence-electron chi connectivity index (χ1n) is 7.44. The zero-order valence-electron chi connectivity index (χ0n) is 12.4. The molecule has 0 atom stereocenters. The van der Waals surface area contributed by atoms with Crippen LogP contribution in [0.4, 0.5) is 17.3 Å². The Morgan fingerprint density at radius 3 is 2.55 bits per heavy atom. The molecule has 1 aromatic carbocycles. The first kappa shape index (κ1) is 15.4. The van der Waals surface area contributed by atoms with Crippen molar-refractivity contribution in [2.75, 3.05) is 23.3 Å². The lowest BCUT2D eigenvalue weighted by Crippen LogP contribution is -2.30. The van der Waals surface area contributed by atoms with Crippen LogP contribution >= 0.6 is 23.2 Å². The summed E-state index contributed by atoms with van der Waals surface area (Å²) in [6, 6.07) is 7.34. The van der Waals surface area contributed by atoms with Crippen molar-refractivity contribution in [1.29, 1.82) is 0 Å². The SMILES string of the molecule is Cc1nc(Nc2ccc(Cl)cc2Cl)cc(N2CCCCC2)n1. The molecule has 22 heavy (non-hydrogen) atoms. The fraction of sp³-hybridized carbons (Fsp3) is 0.375. The van der Waals surface area contributed by atoms with Crippen LogP contribution in [0.2, 0.25) is 10.0 Å². The summed E-state index contributed by atoms with van der Waals surface area (Å²) < 4.78 is 0. The zero-order valence-corrected chi connectivity index (χ0v) is 14.0. The molecule has 1 saturated heterocycles. The molecule has 1 N–H and O–H groups in total. The second kappa shape index (κ2) is 6.71. The van der Waals surface area contributed by atoms with E-state index in [1.54, 1.807) is 12.1 Å². The summed E-state index contributed by atoms with van der Waals surface area (Å²) in [4.78, 5) is 11.3. The Hall–Kier alpha value is -1.52. The largest absolute Gasteiger partial charge is 0.356 e. The molecule has 0 spiro atoms. The third kappa shape index (κ3) is 3.62. The molecule has 0 aliphatic carbocycles. The number of hydrogen-bond acceptors (Lipinski definition) is 4. The van der Waals surface area contributed by atoms with Crippen LogP contribution in [0.15, 0.2) is 24.3 Å². The fourth-order valence-electron chi connectivity index (χ4n) is 2.63. The molecule has 2 aromatic rings. The van der Waals surface area contributed by atoms with Gasteiger partial charge in [0.05, 0.1) is 10.7 Å². The Morgan fingerprint density at radius 2 is 1.82 bits per heavy atom. The average molecular weight is 337 g/mol. The maximum Gasteiger partial charge on any atom is 0.136 e. The summed E-state index contributed by atoms with van der Waals surface area (Å²) in [6.45, 7) is 4.01. The van der Waals surface area contributed by atoms with Gasteiger partial charge in [-0.15, -0.1) is 0 Å². The number of benzene rings is 1. The topological polar surface area (TPSA) is 41.1 Å². The number of piperidine rings is 1. The van der Waals surface area contributed by atoms with E-state index in [0.717, 1.165) is 36.2 Å². The summed E-state index contributed by atoms with van der Waals surface area (Å²) in [7, 11) is 0. The molecule has 0 radical (unpaired) electrons. The second-order valence-corrected chi connectivity index (χ2v) is 6.30. The molecule has 1 aliphatic rings. The predicted octanol–water partition coefficient (Wildman–Crippen LogP) is 4.83. The Labute approximate surface area is 140 Å². The van der Waals surface area contributed by atoms with Crippen molar-refractivity contribution in [2.24, 2.45) is 0 Å². The Balaban J connectivity index is 1.85. The van der Waals surface area contributed by atoms with Gasteiger partial charge < -0.3 is 10.2 Å². The highest BCUT2D eigenvalue weighted by Crippen LogP contribution is 2.29. The number of rotatable bonds is 3. The predicted molar refractivity (Wildman–Crippen MR) is 92.6 cm³/mol. The van der Waals surface area contributed by atoms with E-state index < -0.39 is 0 Å². The minimum atomic E-state index is 0.572. The standard InChI is InChI=1S/C16H18Cl2N4/c1-11-19-15(21-14-6-5-12(17)9-13(14)18)10-16(20-11)22-7-3-2-4-8-22/h5-6,9-10H,2-4,7-8H2,1H3,(H,19,20,21). The lowest BCUT2D eigenvalue weighted by atomic mass is 10.1. The monoisotopic (exact) mass is 336 g/mol. The van der Waals surface area contributed by atoms with E-state index in [2.05, 4.69) is 20.2 Å². The molecule has 1 aromatic heterocycles. The highest BCUT2D eigenvalue weighted by atomic mass is 35.5. The molecule has 0 unspecified atom stereocenters. The second-order valence-electron chi connectivity index (χ2n) is 5.46. The molecule has 2 heterocycles. The Kier molecular flexibility index (Phi) is 4.69. The minimum Gasteiger partial charge on any atom is -0.356 e. The summed E-state index contributed by atoms with van der Waals surface area (Å²) in [5, 5.41) is 4.44. The van der Waals surface area contributed by atoms with E-state index in [-0.39, 0.29) is 0 Å². The third-order valence-electron chi connectivity index (χ3n) is 3.70. The van der Waals surface area contributed by atoms with Crippen LogP contribution in [0.3, 0.4) is 0 Å². The minimum absolute atomic E-state index is 0.572. The van der Waals surface area contributed by atoms with Crippen molar-refractivity contribution in [1.82, 2.24) is 9.97 Å². The van der Waals surface area contributed by atoms with Crippen molar-refractivity contribution < 1.29 is 0 Å². The van der Waals surface area contributed by atoms with Crippen molar-refractivity contribution >= 4 is 40.5 Å². The average Bonchev–Trinajstić information content (AvgIpc) is 2.50. The normalized spacial score (nSPS) is 15.0. The quantitative estimate of drug-likeness (QED) is 0.871. The number of halogens is 2. The van der Waals surface area contributed by atoms with Crippen molar-refractivity contribution in [2.45, 2.75) is 26.2 Å². The van der Waals surface area contributed by atoms with Crippen LogP contribution < -0.4 is 10.2 Å². The van der Waals surface area contributed by atoms with Gasteiger partial charge in [0.1, 0.15) is 17.5 Å². The molecular weight excluding hydrogens is 319 g/mol. The summed E-state index contributed by atoms with van der Waals surface area (Å²) in [6.07, 6.45) is 3.73. The van der Waals surface area contributed by atoms with Crippen LogP contribution in [0.1, 0.15) is 25.1 Å². The lowest BCUT2D eigenvalue weighted by Gasteiger charge is -2.28. The number of nitrogens with one attached hydrogen (secondary N) is 1. The van der Waals surface area contributed by atoms with Crippen molar-refractivity contribution in [3.8, 4) is 0 Å². The van der Waals surface area contributed by atoms with Gasteiger partial charge in [0.2, 0.25) is 0 Å². The van der Waals surface area contributed by atoms with Gasteiger partial charge in [0, 0.05) is 24.2 Å². The van der Waals surface area contributed by atoms with Gasteiger partial charge in [-0.3, -0.25) is 0 Å². The van der Waals surface area contributed by atoms with E-state index in [9.17, 15) is 0 Å². The molecule has 1 fully saturated rings. The van der Waals surface area contributed by atoms with Crippen molar-refractivity contribution in [3.63, 3.8) is 0 Å². The molecule has 0 amide bonds. The molecule has 1 aliphatic heterocycles. The molecule has 116 valence electrons. The maximum atomic E-state index is 6.21. The third-order valence-corrected chi connectivity index (χ3v) is 4.25. The van der Waals surface area contributed by atoms with Gasteiger partial charge in [0.25, 0.3) is 0 Å². The summed E-state index contributed by atoms with van der Waals surface area (Å²) in [5.74, 6) is 2.47. The highest BCUT2D eigenvalue weighted by Gasteiger charge is 2.14.